The van der Waals surface area contributed by atoms with Crippen LogP contribution in [0.5, 0.6) is 0 Å². The fourth-order valence-electron chi connectivity index (χ4n) is 2.93. The zero-order chi connectivity index (χ0) is 19.6. The van der Waals surface area contributed by atoms with Crippen LogP contribution in [-0.4, -0.2) is 46.7 Å². The molecule has 2 saturated heterocycles. The number of carbonyl (C=O) groups is 2. The number of hydrogen-bond donors (Lipinski definition) is 1. The smallest absolute Gasteiger partial charge is 0.449 e. The molecule has 3 rings (SSSR count). The molecule has 3 heterocycles. The Labute approximate surface area is 153 Å². The molecule has 2 aliphatic heterocycles. The van der Waals surface area contributed by atoms with Crippen molar-refractivity contribution >= 4 is 18.1 Å². The molecule has 11 heteroatoms. The van der Waals surface area contributed by atoms with Gasteiger partial charge in [-0.1, -0.05) is 19.8 Å². The average Bonchev–Trinajstić information content (AvgIpc) is 3.13. The Kier molecular flexibility index (Phi) is 5.59. The third-order valence-electron chi connectivity index (χ3n) is 4.27. The SMILES string of the molecule is CCCCCOC(=O)Nc1nc(=O)n(C2OC(C)C3OC(=O)OC32)cc1F. The molecule has 1 aromatic rings. The van der Waals surface area contributed by atoms with Crippen molar-refractivity contribution in [3.8, 4) is 0 Å². The van der Waals surface area contributed by atoms with Gasteiger partial charge in [0.1, 0.15) is 0 Å². The van der Waals surface area contributed by atoms with Crippen molar-refractivity contribution in [3.63, 3.8) is 0 Å². The Morgan fingerprint density at radius 3 is 2.81 bits per heavy atom. The van der Waals surface area contributed by atoms with Gasteiger partial charge in [0.15, 0.2) is 30.1 Å². The first-order valence-corrected chi connectivity index (χ1v) is 8.66. The number of anilines is 1. The van der Waals surface area contributed by atoms with Crippen molar-refractivity contribution in [1.29, 1.82) is 0 Å². The van der Waals surface area contributed by atoms with Gasteiger partial charge in [0, 0.05) is 0 Å². The molecule has 1 N–H and O–H groups in total. The summed E-state index contributed by atoms with van der Waals surface area (Å²) in [6, 6.07) is 0. The molecular formula is C16H20FN3O7. The second-order valence-corrected chi connectivity index (χ2v) is 6.24. The lowest BCUT2D eigenvalue weighted by atomic mass is 10.1. The van der Waals surface area contributed by atoms with Crippen LogP contribution >= 0.6 is 0 Å². The maximum absolute atomic E-state index is 14.3. The summed E-state index contributed by atoms with van der Waals surface area (Å²) in [6.07, 6.45) is -1.64. The molecule has 2 aliphatic rings. The van der Waals surface area contributed by atoms with Crippen LogP contribution in [0.3, 0.4) is 0 Å². The van der Waals surface area contributed by atoms with Crippen molar-refractivity contribution in [3.05, 3.63) is 22.5 Å². The molecular weight excluding hydrogens is 365 g/mol. The van der Waals surface area contributed by atoms with E-state index >= 15 is 0 Å². The average molecular weight is 385 g/mol. The number of halogens is 1. The van der Waals surface area contributed by atoms with Crippen molar-refractivity contribution < 1.29 is 32.9 Å². The Morgan fingerprint density at radius 1 is 1.33 bits per heavy atom. The molecule has 1 amide bonds. The molecule has 0 radical (unpaired) electrons. The number of carbonyl (C=O) groups excluding carboxylic acids is 2. The maximum Gasteiger partial charge on any atom is 0.509 e. The monoisotopic (exact) mass is 385 g/mol. The van der Waals surface area contributed by atoms with Crippen LogP contribution in [0.4, 0.5) is 19.8 Å². The van der Waals surface area contributed by atoms with Gasteiger partial charge in [-0.05, 0) is 13.3 Å². The summed E-state index contributed by atoms with van der Waals surface area (Å²) in [6.45, 7) is 3.82. The fraction of sp³-hybridized carbons (Fsp3) is 0.625. The van der Waals surface area contributed by atoms with E-state index in [-0.39, 0.29) is 6.61 Å². The number of rotatable bonds is 6. The zero-order valence-corrected chi connectivity index (χ0v) is 14.8. The molecule has 1 aromatic heterocycles. The summed E-state index contributed by atoms with van der Waals surface area (Å²) in [5, 5.41) is 2.10. The highest BCUT2D eigenvalue weighted by Gasteiger charge is 2.53. The van der Waals surface area contributed by atoms with Crippen molar-refractivity contribution in [2.75, 3.05) is 11.9 Å². The predicted octanol–water partition coefficient (Wildman–Crippen LogP) is 1.94. The Morgan fingerprint density at radius 2 is 2.07 bits per heavy atom. The number of aromatic nitrogens is 2. The van der Waals surface area contributed by atoms with Crippen LogP contribution in [0.2, 0.25) is 0 Å². The van der Waals surface area contributed by atoms with Crippen LogP contribution in [0.1, 0.15) is 39.3 Å². The van der Waals surface area contributed by atoms with Gasteiger partial charge in [-0.2, -0.15) is 4.98 Å². The van der Waals surface area contributed by atoms with E-state index in [0.717, 1.165) is 23.6 Å². The topological polar surface area (TPSA) is 118 Å². The summed E-state index contributed by atoms with van der Waals surface area (Å²) in [4.78, 5) is 38.7. The van der Waals surface area contributed by atoms with Crippen LogP contribution in [0.15, 0.2) is 11.0 Å². The van der Waals surface area contributed by atoms with Crippen LogP contribution in [0, 0.1) is 5.82 Å². The van der Waals surface area contributed by atoms with Gasteiger partial charge in [-0.15, -0.1) is 0 Å². The van der Waals surface area contributed by atoms with Crippen molar-refractivity contribution in [1.82, 2.24) is 9.55 Å². The highest BCUT2D eigenvalue weighted by atomic mass is 19.1. The lowest BCUT2D eigenvalue weighted by molar-refractivity contribution is -0.0524. The normalized spacial score (nSPS) is 26.3. The Hall–Kier alpha value is -2.69. The van der Waals surface area contributed by atoms with Crippen LogP contribution in [0.25, 0.3) is 0 Å². The number of nitrogens with zero attached hydrogens (tertiary/aromatic N) is 2. The van der Waals surface area contributed by atoms with Crippen molar-refractivity contribution in [2.45, 2.75) is 57.6 Å². The van der Waals surface area contributed by atoms with Gasteiger partial charge in [0.25, 0.3) is 0 Å². The summed E-state index contributed by atoms with van der Waals surface area (Å²) in [5.41, 5.74) is -0.890. The number of ether oxygens (including phenoxy) is 4. The summed E-state index contributed by atoms with van der Waals surface area (Å²) < 4.78 is 35.6. The van der Waals surface area contributed by atoms with Gasteiger partial charge in [-0.25, -0.2) is 18.8 Å². The van der Waals surface area contributed by atoms with Gasteiger partial charge < -0.3 is 18.9 Å². The quantitative estimate of drug-likeness (QED) is 0.583. The Bertz CT molecular complexity index is 784. The lowest BCUT2D eigenvalue weighted by Crippen LogP contribution is -2.35. The van der Waals surface area contributed by atoms with E-state index in [2.05, 4.69) is 10.3 Å². The molecule has 148 valence electrons. The van der Waals surface area contributed by atoms with E-state index in [1.54, 1.807) is 6.92 Å². The zero-order valence-electron chi connectivity index (χ0n) is 14.8. The van der Waals surface area contributed by atoms with Gasteiger partial charge >= 0.3 is 17.9 Å². The molecule has 4 atom stereocenters. The highest BCUT2D eigenvalue weighted by Crippen LogP contribution is 2.37. The van der Waals surface area contributed by atoms with E-state index < -0.39 is 54.1 Å². The summed E-state index contributed by atoms with van der Waals surface area (Å²) in [7, 11) is 0. The number of amides is 1. The minimum atomic E-state index is -1.08. The highest BCUT2D eigenvalue weighted by molar-refractivity contribution is 5.83. The second kappa shape index (κ2) is 7.91. The minimum Gasteiger partial charge on any atom is -0.449 e. The molecule has 4 unspecified atom stereocenters. The maximum atomic E-state index is 14.3. The predicted molar refractivity (Wildman–Crippen MR) is 87.7 cm³/mol. The fourth-order valence-corrected chi connectivity index (χ4v) is 2.93. The van der Waals surface area contributed by atoms with Crippen LogP contribution < -0.4 is 11.0 Å². The van der Waals surface area contributed by atoms with E-state index in [0.29, 0.717) is 6.42 Å². The van der Waals surface area contributed by atoms with E-state index in [4.69, 9.17) is 18.9 Å². The largest absolute Gasteiger partial charge is 0.509 e. The summed E-state index contributed by atoms with van der Waals surface area (Å²) >= 11 is 0. The minimum absolute atomic E-state index is 0.181. The van der Waals surface area contributed by atoms with Gasteiger partial charge in [-0.3, -0.25) is 9.88 Å². The molecule has 10 nitrogen and oxygen atoms in total. The molecule has 0 aromatic carbocycles. The first kappa shape index (κ1) is 19.1. The van der Waals surface area contributed by atoms with Gasteiger partial charge in [0.05, 0.1) is 18.9 Å². The lowest BCUT2D eigenvalue weighted by Gasteiger charge is -2.18. The first-order valence-electron chi connectivity index (χ1n) is 8.66. The van der Waals surface area contributed by atoms with Crippen LogP contribution in [-0.2, 0) is 18.9 Å². The number of fused-ring (bicyclic) bond motifs is 1. The number of nitrogens with one attached hydrogen (secondary N) is 1. The second-order valence-electron chi connectivity index (χ2n) is 6.24. The molecule has 0 saturated carbocycles. The Balaban J connectivity index is 1.71. The molecule has 2 fully saturated rings. The molecule has 27 heavy (non-hydrogen) atoms. The number of hydrogen-bond acceptors (Lipinski definition) is 8. The third-order valence-corrected chi connectivity index (χ3v) is 4.27. The van der Waals surface area contributed by atoms with Crippen molar-refractivity contribution in [2.24, 2.45) is 0 Å². The third kappa shape index (κ3) is 4.02. The van der Waals surface area contributed by atoms with E-state index in [1.165, 1.54) is 0 Å². The molecule has 0 spiro atoms. The summed E-state index contributed by atoms with van der Waals surface area (Å²) in [5.74, 6) is -1.52. The van der Waals surface area contributed by atoms with Gasteiger partial charge in [0.2, 0.25) is 0 Å². The molecule has 0 aliphatic carbocycles. The van der Waals surface area contributed by atoms with E-state index in [1.807, 2.05) is 6.92 Å². The number of unbranched alkanes of at least 4 members (excludes halogenated alkanes) is 2. The standard InChI is InChI=1S/C16H20FN3O7/c1-3-4-5-6-24-15(22)19-12-9(17)7-20(14(21)18-12)13-11-10(8(2)25-13)26-16(23)27-11/h7-8,10-11,13H,3-6H2,1-2H3,(H,18,19,21,22). The van der Waals surface area contributed by atoms with E-state index in [9.17, 15) is 18.8 Å². The molecule has 0 bridgehead atoms. The first-order chi connectivity index (χ1) is 12.9.